The molecule has 2 N–H and O–H groups in total. The Morgan fingerprint density at radius 2 is 1.67 bits per heavy atom. The van der Waals surface area contributed by atoms with Gasteiger partial charge < -0.3 is 0 Å². The van der Waals surface area contributed by atoms with Crippen molar-refractivity contribution >= 4 is 18.1 Å². The van der Waals surface area contributed by atoms with Gasteiger partial charge in [-0.15, -0.1) is 12.4 Å². The summed E-state index contributed by atoms with van der Waals surface area (Å²) >= 11 is 0. The number of hydrazine groups is 1. The van der Waals surface area contributed by atoms with Crippen LogP contribution < -0.4 is 10.9 Å². The van der Waals surface area contributed by atoms with Crippen LogP contribution in [0.5, 0.6) is 0 Å². The van der Waals surface area contributed by atoms with Gasteiger partial charge in [0.15, 0.2) is 0 Å². The van der Waals surface area contributed by atoms with Crippen LogP contribution in [0.25, 0.3) is 0 Å². The maximum Gasteiger partial charge on any atom is 0.328 e. The van der Waals surface area contributed by atoms with Gasteiger partial charge in [0.1, 0.15) is 0 Å². The zero-order valence-electron chi connectivity index (χ0n) is 6.15. The molecule has 0 saturated heterocycles. The molecule has 0 saturated carbocycles. The maximum atomic E-state index is 11.9. The topological polar surface area (TPSA) is 29.3 Å². The third-order valence-corrected chi connectivity index (χ3v) is 1.26. The maximum absolute atomic E-state index is 11.9. The largest absolute Gasteiger partial charge is 0.328 e. The van der Waals surface area contributed by atoms with Gasteiger partial charge in [0.25, 0.3) is 0 Å². The number of alkyl halides is 2. The van der Waals surface area contributed by atoms with Crippen molar-refractivity contribution in [3.8, 4) is 0 Å². The number of hydrogen-bond acceptors (Lipinski definition) is 2. The average Bonchev–Trinajstić information content (AvgIpc) is 2.05. The highest BCUT2D eigenvalue weighted by Crippen LogP contribution is 2.12. The number of anilines is 1. The summed E-state index contributed by atoms with van der Waals surface area (Å²) in [5, 5.41) is 0.417. The Hall–Kier alpha value is -0.870. The van der Waals surface area contributed by atoms with E-state index in [1.165, 1.54) is 12.1 Å². The molecule has 1 rings (SSSR count). The summed E-state index contributed by atoms with van der Waals surface area (Å²) in [5.74, 6) is 5.02. The number of benzene rings is 1. The summed E-state index contributed by atoms with van der Waals surface area (Å²) < 4.78 is 23.8. The molecule has 1 aromatic rings. The van der Waals surface area contributed by atoms with Gasteiger partial charge >= 0.3 is 6.55 Å². The fourth-order valence-electron chi connectivity index (χ4n) is 0.713. The monoisotopic (exact) mass is 194 g/mol. The molecule has 0 bridgehead atoms. The van der Waals surface area contributed by atoms with E-state index in [1.54, 1.807) is 18.2 Å². The molecule has 0 atom stereocenters. The second-order valence-corrected chi connectivity index (χ2v) is 2.02. The SMILES string of the molecule is Cl.NN(c1ccccc1)C(F)F. The third-order valence-electron chi connectivity index (χ3n) is 1.26. The molecule has 0 spiro atoms. The van der Waals surface area contributed by atoms with Crippen molar-refractivity contribution < 1.29 is 8.78 Å². The molecular weight excluding hydrogens is 186 g/mol. The molecule has 0 radical (unpaired) electrons. The van der Waals surface area contributed by atoms with Crippen LogP contribution in [0.3, 0.4) is 0 Å². The molecule has 0 aliphatic carbocycles. The molecule has 5 heteroatoms. The Bertz CT molecular complexity index is 218. The molecule has 0 fully saturated rings. The van der Waals surface area contributed by atoms with Crippen molar-refractivity contribution in [2.24, 2.45) is 5.84 Å². The van der Waals surface area contributed by atoms with E-state index in [1.807, 2.05) is 0 Å². The van der Waals surface area contributed by atoms with Gasteiger partial charge in [-0.25, -0.2) is 5.84 Å². The Morgan fingerprint density at radius 3 is 2.08 bits per heavy atom. The van der Waals surface area contributed by atoms with Crippen molar-refractivity contribution in [1.82, 2.24) is 0 Å². The normalized spacial score (nSPS) is 9.33. The van der Waals surface area contributed by atoms with E-state index in [4.69, 9.17) is 5.84 Å². The molecule has 2 nitrogen and oxygen atoms in total. The number of para-hydroxylation sites is 1. The Balaban J connectivity index is 0.00000121. The second kappa shape index (κ2) is 4.90. The average molecular weight is 195 g/mol. The third kappa shape index (κ3) is 2.64. The molecule has 68 valence electrons. The van der Waals surface area contributed by atoms with Crippen molar-refractivity contribution in [2.45, 2.75) is 6.55 Å². The molecule has 0 aliphatic rings. The quantitative estimate of drug-likeness (QED) is 0.443. The van der Waals surface area contributed by atoms with Crippen LogP contribution in [-0.2, 0) is 0 Å². The van der Waals surface area contributed by atoms with Crippen LogP contribution in [0.15, 0.2) is 30.3 Å². The number of nitrogens with two attached hydrogens (primary N) is 1. The second-order valence-electron chi connectivity index (χ2n) is 2.02. The predicted octanol–water partition coefficient (Wildman–Crippen LogP) is 2.01. The van der Waals surface area contributed by atoms with E-state index >= 15 is 0 Å². The van der Waals surface area contributed by atoms with Crippen LogP contribution in [-0.4, -0.2) is 6.55 Å². The zero-order valence-corrected chi connectivity index (χ0v) is 6.97. The smallest absolute Gasteiger partial charge is 0.252 e. The Morgan fingerprint density at radius 1 is 1.17 bits per heavy atom. The lowest BCUT2D eigenvalue weighted by Crippen LogP contribution is -2.35. The van der Waals surface area contributed by atoms with Gasteiger partial charge in [0.2, 0.25) is 0 Å². The number of rotatable bonds is 2. The summed E-state index contributed by atoms with van der Waals surface area (Å²) in [6.45, 7) is -2.66. The van der Waals surface area contributed by atoms with E-state index in [0.29, 0.717) is 10.7 Å². The first-order valence-electron chi connectivity index (χ1n) is 3.09. The van der Waals surface area contributed by atoms with Gasteiger partial charge in [-0.2, -0.15) is 8.78 Å². The van der Waals surface area contributed by atoms with Crippen molar-refractivity contribution in [3.63, 3.8) is 0 Å². The molecule has 0 unspecified atom stereocenters. The lowest BCUT2D eigenvalue weighted by Gasteiger charge is -2.16. The summed E-state index contributed by atoms with van der Waals surface area (Å²) in [6.07, 6.45) is 0. The molecule has 0 heterocycles. The van der Waals surface area contributed by atoms with E-state index in [9.17, 15) is 8.78 Å². The van der Waals surface area contributed by atoms with Gasteiger partial charge in [0.05, 0.1) is 5.69 Å². The van der Waals surface area contributed by atoms with E-state index in [2.05, 4.69) is 0 Å². The summed E-state index contributed by atoms with van der Waals surface area (Å²) in [5.41, 5.74) is 0.308. The van der Waals surface area contributed by atoms with Crippen LogP contribution in [0.4, 0.5) is 14.5 Å². The number of halogens is 3. The molecule has 0 aromatic heterocycles. The molecule has 12 heavy (non-hydrogen) atoms. The van der Waals surface area contributed by atoms with Crippen LogP contribution in [0.1, 0.15) is 0 Å². The lowest BCUT2D eigenvalue weighted by molar-refractivity contribution is 0.142. The predicted molar refractivity (Wildman–Crippen MR) is 46.4 cm³/mol. The number of nitrogens with zero attached hydrogens (tertiary/aromatic N) is 1. The van der Waals surface area contributed by atoms with Crippen molar-refractivity contribution in [1.29, 1.82) is 0 Å². The van der Waals surface area contributed by atoms with Gasteiger partial charge in [-0.05, 0) is 12.1 Å². The minimum atomic E-state index is -2.66. The first kappa shape index (κ1) is 11.1. The molecule has 0 amide bonds. The fraction of sp³-hybridized carbons (Fsp3) is 0.143. The first-order valence-corrected chi connectivity index (χ1v) is 3.09. The van der Waals surface area contributed by atoms with Gasteiger partial charge in [-0.1, -0.05) is 18.2 Å². The summed E-state index contributed by atoms with van der Waals surface area (Å²) in [4.78, 5) is 0. The highest BCUT2D eigenvalue weighted by molar-refractivity contribution is 5.85. The zero-order chi connectivity index (χ0) is 8.27. The van der Waals surface area contributed by atoms with Crippen molar-refractivity contribution in [3.05, 3.63) is 30.3 Å². The lowest BCUT2D eigenvalue weighted by atomic mass is 10.3. The fourth-order valence-corrected chi connectivity index (χ4v) is 0.713. The van der Waals surface area contributed by atoms with Gasteiger partial charge in [-0.3, -0.25) is 5.01 Å². The summed E-state index contributed by atoms with van der Waals surface area (Å²) in [6, 6.07) is 8.08. The molecular formula is C7H9ClF2N2. The minimum absolute atomic E-state index is 0. The minimum Gasteiger partial charge on any atom is -0.252 e. The summed E-state index contributed by atoms with van der Waals surface area (Å²) in [7, 11) is 0. The molecule has 1 aromatic carbocycles. The van der Waals surface area contributed by atoms with Crippen LogP contribution in [0.2, 0.25) is 0 Å². The highest BCUT2D eigenvalue weighted by Gasteiger charge is 2.10. The van der Waals surface area contributed by atoms with Crippen LogP contribution >= 0.6 is 12.4 Å². The van der Waals surface area contributed by atoms with Crippen molar-refractivity contribution in [2.75, 3.05) is 5.01 Å². The van der Waals surface area contributed by atoms with E-state index in [0.717, 1.165) is 0 Å². The Kier molecular flexibility index (Phi) is 4.54. The Labute approximate surface area is 75.4 Å². The molecule has 0 aliphatic heterocycles. The first-order chi connectivity index (χ1) is 5.22. The highest BCUT2D eigenvalue weighted by atomic mass is 35.5. The van der Waals surface area contributed by atoms with E-state index < -0.39 is 6.55 Å². The standard InChI is InChI=1S/C7H8F2N2.ClH/c8-7(9)11(10)6-4-2-1-3-5-6;/h1-5,7H,10H2;1H. The van der Waals surface area contributed by atoms with Crippen LogP contribution in [0, 0.1) is 0 Å². The van der Waals surface area contributed by atoms with Gasteiger partial charge in [0, 0.05) is 0 Å². The van der Waals surface area contributed by atoms with E-state index in [-0.39, 0.29) is 12.4 Å². The number of hydrogen-bond donors (Lipinski definition) is 1.